The molecule has 0 aromatic carbocycles. The van der Waals surface area contributed by atoms with Crippen molar-refractivity contribution in [3.63, 3.8) is 0 Å². The van der Waals surface area contributed by atoms with Crippen molar-refractivity contribution in [1.29, 1.82) is 5.26 Å². The van der Waals surface area contributed by atoms with Crippen LogP contribution < -0.4 is 0 Å². The van der Waals surface area contributed by atoms with Gasteiger partial charge in [0.1, 0.15) is 0 Å². The Balaban J connectivity index is 2.16. The molecule has 1 aromatic rings. The van der Waals surface area contributed by atoms with E-state index in [0.29, 0.717) is 25.4 Å². The van der Waals surface area contributed by atoms with Crippen molar-refractivity contribution < 1.29 is 8.42 Å². The van der Waals surface area contributed by atoms with Crippen LogP contribution in [0.3, 0.4) is 0 Å². The summed E-state index contributed by atoms with van der Waals surface area (Å²) >= 11 is 1.62. The highest BCUT2D eigenvalue weighted by Crippen LogP contribution is 2.32. The standard InChI is InChI=1S/C15H23N3O2S2/c1-4-13(8-16)22(19,20)18-7-5-6-12(9-18)15-17-14(10-21-15)11(2)3/h10-13H,4-7,9H2,1-3H3/t12-,13+/m1/s1. The maximum atomic E-state index is 12.5. The van der Waals surface area contributed by atoms with Gasteiger partial charge in [0.25, 0.3) is 0 Å². The molecule has 0 radical (unpaired) electrons. The number of thiazole rings is 1. The lowest BCUT2D eigenvalue weighted by atomic mass is 10.0. The fourth-order valence-electron chi connectivity index (χ4n) is 2.68. The summed E-state index contributed by atoms with van der Waals surface area (Å²) in [6, 6.07) is 1.92. The van der Waals surface area contributed by atoms with Crippen LogP contribution in [-0.2, 0) is 10.0 Å². The zero-order valence-corrected chi connectivity index (χ0v) is 15.0. The van der Waals surface area contributed by atoms with E-state index < -0.39 is 15.3 Å². The monoisotopic (exact) mass is 341 g/mol. The first-order valence-corrected chi connectivity index (χ1v) is 10.1. The van der Waals surface area contributed by atoms with Crippen LogP contribution in [0.4, 0.5) is 0 Å². The normalized spacial score (nSPS) is 21.7. The fraction of sp³-hybridized carbons (Fsp3) is 0.733. The van der Waals surface area contributed by atoms with Crippen LogP contribution in [0.2, 0.25) is 0 Å². The van der Waals surface area contributed by atoms with Gasteiger partial charge in [-0.25, -0.2) is 17.7 Å². The van der Waals surface area contributed by atoms with Gasteiger partial charge in [0, 0.05) is 24.4 Å². The van der Waals surface area contributed by atoms with E-state index in [1.807, 2.05) is 6.07 Å². The lowest BCUT2D eigenvalue weighted by molar-refractivity contribution is 0.313. The second kappa shape index (κ2) is 7.07. The second-order valence-corrected chi connectivity index (χ2v) is 9.04. The van der Waals surface area contributed by atoms with Crippen molar-refractivity contribution in [1.82, 2.24) is 9.29 Å². The highest BCUT2D eigenvalue weighted by Gasteiger charge is 2.35. The minimum absolute atomic E-state index is 0.150. The average Bonchev–Trinajstić information content (AvgIpc) is 2.98. The molecule has 0 aliphatic carbocycles. The molecule has 2 atom stereocenters. The van der Waals surface area contributed by atoms with Gasteiger partial charge in [0.05, 0.1) is 16.8 Å². The van der Waals surface area contributed by atoms with Crippen LogP contribution in [0.1, 0.15) is 62.6 Å². The average molecular weight is 342 g/mol. The molecule has 0 unspecified atom stereocenters. The van der Waals surface area contributed by atoms with E-state index in [9.17, 15) is 8.42 Å². The molecule has 1 saturated heterocycles. The highest BCUT2D eigenvalue weighted by atomic mass is 32.2. The molecule has 0 amide bonds. The molecular formula is C15H23N3O2S2. The fourth-order valence-corrected chi connectivity index (χ4v) is 5.47. The quantitative estimate of drug-likeness (QED) is 0.825. The number of nitriles is 1. The van der Waals surface area contributed by atoms with Crippen molar-refractivity contribution >= 4 is 21.4 Å². The Hall–Kier alpha value is -0.970. The van der Waals surface area contributed by atoms with Gasteiger partial charge in [-0.2, -0.15) is 5.26 Å². The van der Waals surface area contributed by atoms with E-state index in [0.717, 1.165) is 23.5 Å². The van der Waals surface area contributed by atoms with Crippen LogP contribution in [0.15, 0.2) is 5.38 Å². The highest BCUT2D eigenvalue weighted by molar-refractivity contribution is 7.90. The smallest absolute Gasteiger partial charge is 0.230 e. The molecule has 122 valence electrons. The largest absolute Gasteiger partial charge is 0.246 e. The van der Waals surface area contributed by atoms with Gasteiger partial charge in [-0.3, -0.25) is 0 Å². The lowest BCUT2D eigenvalue weighted by Crippen LogP contribution is -2.43. The van der Waals surface area contributed by atoms with Gasteiger partial charge >= 0.3 is 0 Å². The lowest BCUT2D eigenvalue weighted by Gasteiger charge is -2.32. The Labute approximate surface area is 137 Å². The van der Waals surface area contributed by atoms with Crippen LogP contribution >= 0.6 is 11.3 Å². The summed E-state index contributed by atoms with van der Waals surface area (Å²) in [5, 5.41) is 11.2. The molecule has 5 nitrogen and oxygen atoms in total. The molecule has 22 heavy (non-hydrogen) atoms. The van der Waals surface area contributed by atoms with Crippen LogP contribution in [-0.4, -0.2) is 36.0 Å². The van der Waals surface area contributed by atoms with Gasteiger partial charge < -0.3 is 0 Å². The Morgan fingerprint density at radius 1 is 1.55 bits per heavy atom. The van der Waals surface area contributed by atoms with E-state index in [-0.39, 0.29) is 5.92 Å². The first-order valence-electron chi connectivity index (χ1n) is 7.74. The SMILES string of the molecule is CC[C@@H](C#N)S(=O)(=O)N1CCC[C@@H](c2nc(C(C)C)cs2)C1. The molecule has 2 heterocycles. The number of nitrogens with zero attached hydrogens (tertiary/aromatic N) is 3. The third kappa shape index (κ3) is 3.50. The van der Waals surface area contributed by atoms with Gasteiger partial charge in [0.15, 0.2) is 5.25 Å². The minimum Gasteiger partial charge on any atom is -0.246 e. The van der Waals surface area contributed by atoms with Crippen molar-refractivity contribution in [2.24, 2.45) is 0 Å². The van der Waals surface area contributed by atoms with Gasteiger partial charge in [-0.15, -0.1) is 11.3 Å². The molecular weight excluding hydrogens is 318 g/mol. The number of piperidine rings is 1. The predicted molar refractivity (Wildman–Crippen MR) is 88.4 cm³/mol. The Morgan fingerprint density at radius 2 is 2.27 bits per heavy atom. The molecule has 0 bridgehead atoms. The first kappa shape index (κ1) is 17.4. The predicted octanol–water partition coefficient (Wildman–Crippen LogP) is 3.08. The third-order valence-corrected chi connectivity index (χ3v) is 7.33. The Kier molecular flexibility index (Phi) is 5.59. The first-order chi connectivity index (χ1) is 10.4. The van der Waals surface area contributed by atoms with E-state index in [1.165, 1.54) is 4.31 Å². The number of sulfonamides is 1. The van der Waals surface area contributed by atoms with Crippen molar-refractivity contribution in [2.45, 2.75) is 57.1 Å². The maximum Gasteiger partial charge on any atom is 0.230 e. The van der Waals surface area contributed by atoms with Gasteiger partial charge in [-0.05, 0) is 25.2 Å². The summed E-state index contributed by atoms with van der Waals surface area (Å²) in [5.41, 5.74) is 1.07. The summed E-state index contributed by atoms with van der Waals surface area (Å²) in [4.78, 5) is 4.67. The van der Waals surface area contributed by atoms with E-state index in [4.69, 9.17) is 5.26 Å². The van der Waals surface area contributed by atoms with Gasteiger partial charge in [0.2, 0.25) is 10.0 Å². The molecule has 7 heteroatoms. The van der Waals surface area contributed by atoms with Crippen molar-refractivity contribution in [2.75, 3.05) is 13.1 Å². The van der Waals surface area contributed by atoms with Crippen molar-refractivity contribution in [3.05, 3.63) is 16.1 Å². The van der Waals surface area contributed by atoms with Crippen LogP contribution in [0, 0.1) is 11.3 Å². The molecule has 0 N–H and O–H groups in total. The number of hydrogen-bond donors (Lipinski definition) is 0. The maximum absolute atomic E-state index is 12.5. The van der Waals surface area contributed by atoms with Crippen molar-refractivity contribution in [3.8, 4) is 6.07 Å². The Bertz CT molecular complexity index is 646. The number of rotatable bonds is 5. The summed E-state index contributed by atoms with van der Waals surface area (Å²) in [5.74, 6) is 0.536. The number of aromatic nitrogens is 1. The van der Waals surface area contributed by atoms with Crippen LogP contribution in [0.25, 0.3) is 0 Å². The third-order valence-electron chi connectivity index (χ3n) is 4.10. The molecule has 1 aliphatic heterocycles. The summed E-state index contributed by atoms with van der Waals surface area (Å²) in [6.45, 7) is 6.91. The van der Waals surface area contributed by atoms with Gasteiger partial charge in [-0.1, -0.05) is 20.8 Å². The van der Waals surface area contributed by atoms with E-state index in [1.54, 1.807) is 18.3 Å². The zero-order valence-electron chi connectivity index (χ0n) is 13.3. The zero-order chi connectivity index (χ0) is 16.3. The van der Waals surface area contributed by atoms with Crippen LogP contribution in [0.5, 0.6) is 0 Å². The minimum atomic E-state index is -3.53. The molecule has 0 saturated carbocycles. The molecule has 0 spiro atoms. The van der Waals surface area contributed by atoms with E-state index in [2.05, 4.69) is 24.2 Å². The summed E-state index contributed by atoms with van der Waals surface area (Å²) in [6.07, 6.45) is 2.11. The topological polar surface area (TPSA) is 74.1 Å². The second-order valence-electron chi connectivity index (χ2n) is 6.03. The molecule has 1 fully saturated rings. The molecule has 1 aliphatic rings. The summed E-state index contributed by atoms with van der Waals surface area (Å²) < 4.78 is 26.5. The number of hydrogen-bond acceptors (Lipinski definition) is 5. The van der Waals surface area contributed by atoms with E-state index >= 15 is 0 Å². The molecule has 2 rings (SSSR count). The molecule has 1 aromatic heterocycles. The summed E-state index contributed by atoms with van der Waals surface area (Å²) in [7, 11) is -3.53. The Morgan fingerprint density at radius 3 is 2.82 bits per heavy atom.